The van der Waals surface area contributed by atoms with Crippen LogP contribution in [0.15, 0.2) is 72.8 Å². The molecule has 0 radical (unpaired) electrons. The first-order valence-corrected chi connectivity index (χ1v) is 12.0. The van der Waals surface area contributed by atoms with Gasteiger partial charge in [0.05, 0.1) is 25.1 Å². The van der Waals surface area contributed by atoms with Gasteiger partial charge in [-0.15, -0.1) is 0 Å². The van der Waals surface area contributed by atoms with Gasteiger partial charge < -0.3 is 9.64 Å². The highest BCUT2D eigenvalue weighted by Crippen LogP contribution is 2.29. The number of hydrogen-bond acceptors (Lipinski definition) is 4. The van der Waals surface area contributed by atoms with Crippen LogP contribution in [0, 0.1) is 0 Å². The predicted octanol–water partition coefficient (Wildman–Crippen LogP) is 5.30. The topological polar surface area (TPSA) is 66.9 Å². The molecule has 180 valence electrons. The van der Waals surface area contributed by atoms with Gasteiger partial charge in [0.2, 0.25) is 11.8 Å². The molecule has 0 spiro atoms. The number of carbonyl (C=O) groups excluding carboxylic acids is 3. The minimum absolute atomic E-state index is 0.0582. The normalized spacial score (nSPS) is 15.4. The van der Waals surface area contributed by atoms with Crippen molar-refractivity contribution in [1.82, 2.24) is 4.90 Å². The Morgan fingerprint density at radius 3 is 2.34 bits per heavy atom. The van der Waals surface area contributed by atoms with E-state index in [1.165, 1.54) is 4.90 Å². The van der Waals surface area contributed by atoms with Gasteiger partial charge in [-0.2, -0.15) is 0 Å². The van der Waals surface area contributed by atoms with Crippen molar-refractivity contribution in [2.75, 3.05) is 11.5 Å². The summed E-state index contributed by atoms with van der Waals surface area (Å²) in [5.41, 5.74) is 1.89. The minimum atomic E-state index is -0.940. The standard InChI is InChI=1S/C27H24Cl2N2O4/c1-2-35-22-13-11-21(12-14-22)31-26(33)16-24(27(31)34)30(17-19-5-3-4-6-23(19)29)25(32)15-18-7-9-20(28)10-8-18/h3-14,24H,2,15-17H2,1H3. The van der Waals surface area contributed by atoms with Crippen LogP contribution in [-0.4, -0.2) is 35.3 Å². The number of rotatable bonds is 8. The van der Waals surface area contributed by atoms with Crippen molar-refractivity contribution in [1.29, 1.82) is 0 Å². The van der Waals surface area contributed by atoms with E-state index in [1.54, 1.807) is 66.7 Å². The predicted molar refractivity (Wildman–Crippen MR) is 136 cm³/mol. The summed E-state index contributed by atoms with van der Waals surface area (Å²) in [5, 5.41) is 1.05. The Hall–Kier alpha value is -3.35. The molecule has 6 nitrogen and oxygen atoms in total. The smallest absolute Gasteiger partial charge is 0.257 e. The van der Waals surface area contributed by atoms with Gasteiger partial charge in [-0.25, -0.2) is 4.90 Å². The highest BCUT2D eigenvalue weighted by molar-refractivity contribution is 6.31. The molecule has 3 aromatic rings. The second-order valence-electron chi connectivity index (χ2n) is 8.13. The zero-order chi connectivity index (χ0) is 24.9. The van der Waals surface area contributed by atoms with Crippen molar-refractivity contribution in [3.63, 3.8) is 0 Å². The number of halogens is 2. The number of anilines is 1. The van der Waals surface area contributed by atoms with E-state index in [0.29, 0.717) is 33.7 Å². The summed E-state index contributed by atoms with van der Waals surface area (Å²) in [7, 11) is 0. The molecule has 0 N–H and O–H groups in total. The maximum Gasteiger partial charge on any atom is 0.257 e. The van der Waals surface area contributed by atoms with Crippen LogP contribution in [0.4, 0.5) is 5.69 Å². The number of nitrogens with zero attached hydrogens (tertiary/aromatic N) is 2. The summed E-state index contributed by atoms with van der Waals surface area (Å²) in [6.07, 6.45) is -0.0501. The number of benzene rings is 3. The Morgan fingerprint density at radius 1 is 1.00 bits per heavy atom. The SMILES string of the molecule is CCOc1ccc(N2C(=O)CC(N(Cc3ccccc3Cl)C(=O)Cc3ccc(Cl)cc3)C2=O)cc1. The van der Waals surface area contributed by atoms with Crippen LogP contribution in [0.3, 0.4) is 0 Å². The number of ether oxygens (including phenoxy) is 1. The molecule has 1 heterocycles. The van der Waals surface area contributed by atoms with Gasteiger partial charge >= 0.3 is 0 Å². The Morgan fingerprint density at radius 2 is 1.69 bits per heavy atom. The summed E-state index contributed by atoms with van der Waals surface area (Å²) in [5.74, 6) is -0.458. The summed E-state index contributed by atoms with van der Waals surface area (Å²) >= 11 is 12.3. The molecule has 0 aromatic heterocycles. The molecule has 3 aromatic carbocycles. The lowest BCUT2D eigenvalue weighted by atomic mass is 10.1. The van der Waals surface area contributed by atoms with Gasteiger partial charge in [-0.05, 0) is 60.5 Å². The van der Waals surface area contributed by atoms with Crippen molar-refractivity contribution in [3.05, 3.63) is 94.0 Å². The molecule has 8 heteroatoms. The van der Waals surface area contributed by atoms with Crippen molar-refractivity contribution in [3.8, 4) is 5.75 Å². The Bertz CT molecular complexity index is 1230. The first-order chi connectivity index (χ1) is 16.9. The van der Waals surface area contributed by atoms with E-state index >= 15 is 0 Å². The number of amides is 3. The van der Waals surface area contributed by atoms with Crippen LogP contribution >= 0.6 is 23.2 Å². The number of hydrogen-bond donors (Lipinski definition) is 0. The summed E-state index contributed by atoms with van der Waals surface area (Å²) in [6.45, 7) is 2.49. The van der Waals surface area contributed by atoms with Crippen LogP contribution in [0.1, 0.15) is 24.5 Å². The molecule has 1 aliphatic heterocycles. The summed E-state index contributed by atoms with van der Waals surface area (Å²) in [6, 6.07) is 19.9. The Labute approximate surface area is 214 Å². The fourth-order valence-corrected chi connectivity index (χ4v) is 4.37. The molecule has 1 saturated heterocycles. The molecule has 1 unspecified atom stereocenters. The third kappa shape index (κ3) is 5.66. The van der Waals surface area contributed by atoms with Crippen LogP contribution in [0.25, 0.3) is 0 Å². The quantitative estimate of drug-likeness (QED) is 0.386. The van der Waals surface area contributed by atoms with E-state index in [-0.39, 0.29) is 31.2 Å². The molecule has 35 heavy (non-hydrogen) atoms. The van der Waals surface area contributed by atoms with Crippen molar-refractivity contribution >= 4 is 46.6 Å². The third-order valence-electron chi connectivity index (χ3n) is 5.79. The fourth-order valence-electron chi connectivity index (χ4n) is 4.05. The molecule has 3 amide bonds. The van der Waals surface area contributed by atoms with E-state index in [0.717, 1.165) is 10.5 Å². The first-order valence-electron chi connectivity index (χ1n) is 11.2. The van der Waals surface area contributed by atoms with Gasteiger partial charge in [-0.3, -0.25) is 14.4 Å². The average Bonchev–Trinajstić information content (AvgIpc) is 3.14. The van der Waals surface area contributed by atoms with Crippen molar-refractivity contribution in [2.45, 2.75) is 32.4 Å². The van der Waals surface area contributed by atoms with E-state index in [2.05, 4.69) is 0 Å². The molecule has 1 fully saturated rings. The second kappa shape index (κ2) is 10.9. The van der Waals surface area contributed by atoms with E-state index in [9.17, 15) is 14.4 Å². The Balaban J connectivity index is 1.62. The molecule has 0 bridgehead atoms. The van der Waals surface area contributed by atoms with Gasteiger partial charge in [0.15, 0.2) is 0 Å². The Kier molecular flexibility index (Phi) is 7.73. The van der Waals surface area contributed by atoms with Gasteiger partial charge in [0, 0.05) is 16.6 Å². The first kappa shape index (κ1) is 24.8. The molecule has 0 aliphatic carbocycles. The van der Waals surface area contributed by atoms with Gasteiger partial charge in [-0.1, -0.05) is 53.5 Å². The minimum Gasteiger partial charge on any atom is -0.494 e. The zero-order valence-corrected chi connectivity index (χ0v) is 20.6. The van der Waals surface area contributed by atoms with E-state index in [1.807, 2.05) is 13.0 Å². The average molecular weight is 511 g/mol. The zero-order valence-electron chi connectivity index (χ0n) is 19.1. The largest absolute Gasteiger partial charge is 0.494 e. The van der Waals surface area contributed by atoms with Crippen molar-refractivity contribution in [2.24, 2.45) is 0 Å². The highest BCUT2D eigenvalue weighted by atomic mass is 35.5. The van der Waals surface area contributed by atoms with E-state index < -0.39 is 11.9 Å². The molecule has 1 atom stereocenters. The summed E-state index contributed by atoms with van der Waals surface area (Å²) in [4.78, 5) is 42.5. The fraction of sp³-hybridized carbons (Fsp3) is 0.222. The van der Waals surface area contributed by atoms with Crippen LogP contribution in [-0.2, 0) is 27.3 Å². The second-order valence-corrected chi connectivity index (χ2v) is 8.97. The highest BCUT2D eigenvalue weighted by Gasteiger charge is 2.44. The van der Waals surface area contributed by atoms with Crippen LogP contribution < -0.4 is 9.64 Å². The lowest BCUT2D eigenvalue weighted by Gasteiger charge is -2.28. The number of carbonyl (C=O) groups is 3. The summed E-state index contributed by atoms with van der Waals surface area (Å²) < 4.78 is 5.45. The van der Waals surface area contributed by atoms with Crippen LogP contribution in [0.2, 0.25) is 10.0 Å². The molecular formula is C27H24Cl2N2O4. The lowest BCUT2D eigenvalue weighted by molar-refractivity contribution is -0.138. The lowest BCUT2D eigenvalue weighted by Crippen LogP contribution is -2.45. The van der Waals surface area contributed by atoms with Gasteiger partial charge in [0.25, 0.3) is 5.91 Å². The molecule has 1 aliphatic rings. The van der Waals surface area contributed by atoms with E-state index in [4.69, 9.17) is 27.9 Å². The number of imide groups is 1. The van der Waals surface area contributed by atoms with Crippen molar-refractivity contribution < 1.29 is 19.1 Å². The van der Waals surface area contributed by atoms with Gasteiger partial charge in [0.1, 0.15) is 11.8 Å². The van der Waals surface area contributed by atoms with Crippen LogP contribution in [0.5, 0.6) is 5.75 Å². The third-order valence-corrected chi connectivity index (χ3v) is 6.41. The maximum absolute atomic E-state index is 13.5. The molecule has 0 saturated carbocycles. The molecular weight excluding hydrogens is 487 g/mol. The monoisotopic (exact) mass is 510 g/mol. The maximum atomic E-state index is 13.5. The molecule has 4 rings (SSSR count).